The van der Waals surface area contributed by atoms with E-state index in [1.807, 2.05) is 30.3 Å². The van der Waals surface area contributed by atoms with Gasteiger partial charge in [-0.25, -0.2) is 4.79 Å². The van der Waals surface area contributed by atoms with Crippen LogP contribution in [0.2, 0.25) is 5.02 Å². The molecule has 5 rings (SSSR count). The van der Waals surface area contributed by atoms with Crippen molar-refractivity contribution in [3.8, 4) is 11.1 Å². The monoisotopic (exact) mass is 435 g/mol. The molecular weight excluding hydrogens is 422 g/mol. The average Bonchev–Trinajstić information content (AvgIpc) is 3.40. The number of furan rings is 1. The fraction of sp³-hybridized carbons (Fsp3) is 0.0952. The molecule has 0 spiro atoms. The smallest absolute Gasteiger partial charge is 0.340 e. The third-order valence-corrected chi connectivity index (χ3v) is 5.32. The van der Waals surface area contributed by atoms with Crippen LogP contribution in [-0.2, 0) is 11.2 Å². The molecule has 2 N–H and O–H groups in total. The van der Waals surface area contributed by atoms with Gasteiger partial charge in [0.25, 0.3) is 5.95 Å². The fourth-order valence-electron chi connectivity index (χ4n) is 3.51. The molecule has 2 aromatic carbocycles. The van der Waals surface area contributed by atoms with E-state index in [0.29, 0.717) is 27.1 Å². The van der Waals surface area contributed by atoms with Crippen LogP contribution in [0.15, 0.2) is 56.3 Å². The second-order valence-electron chi connectivity index (χ2n) is 6.95. The number of aromatic amines is 1. The van der Waals surface area contributed by atoms with Crippen molar-refractivity contribution in [1.29, 1.82) is 0 Å². The summed E-state index contributed by atoms with van der Waals surface area (Å²) in [6.45, 7) is 1.78. The minimum absolute atomic E-state index is 0.0283. The number of tetrazole rings is 1. The van der Waals surface area contributed by atoms with Gasteiger partial charge in [-0.3, -0.25) is 10.1 Å². The molecule has 0 atom stereocenters. The predicted octanol–water partition coefficient (Wildman–Crippen LogP) is 3.86. The number of hydrogen-bond acceptors (Lipinski definition) is 7. The molecule has 0 fully saturated rings. The summed E-state index contributed by atoms with van der Waals surface area (Å²) in [6.07, 6.45) is 1.46. The third-order valence-electron chi connectivity index (χ3n) is 5.07. The number of H-pyrrole nitrogens is 1. The SMILES string of the molecule is Cc1c(CC(=O)Nc2nn[nH]n2)c(=O)oc2cc3occ(-c4ccc(Cl)cc4)c3cc12. The highest BCUT2D eigenvalue weighted by Crippen LogP contribution is 2.35. The number of nitrogens with one attached hydrogen (secondary N) is 2. The van der Waals surface area contributed by atoms with Gasteiger partial charge in [-0.05, 0) is 41.5 Å². The van der Waals surface area contributed by atoms with Crippen molar-refractivity contribution >= 4 is 45.4 Å². The molecule has 154 valence electrons. The molecule has 31 heavy (non-hydrogen) atoms. The van der Waals surface area contributed by atoms with Gasteiger partial charge in [-0.2, -0.15) is 5.21 Å². The number of hydrogen-bond donors (Lipinski definition) is 2. The van der Waals surface area contributed by atoms with E-state index in [2.05, 4.69) is 25.9 Å². The largest absolute Gasteiger partial charge is 0.464 e. The zero-order valence-electron chi connectivity index (χ0n) is 16.1. The van der Waals surface area contributed by atoms with Gasteiger partial charge in [0, 0.05) is 27.4 Å². The quantitative estimate of drug-likeness (QED) is 0.410. The first-order valence-electron chi connectivity index (χ1n) is 9.26. The maximum Gasteiger partial charge on any atom is 0.340 e. The van der Waals surface area contributed by atoms with Crippen LogP contribution < -0.4 is 10.9 Å². The number of carbonyl (C=O) groups excluding carboxylic acids is 1. The molecule has 3 heterocycles. The Labute approximate surface area is 179 Å². The lowest BCUT2D eigenvalue weighted by atomic mass is 9.99. The highest BCUT2D eigenvalue weighted by molar-refractivity contribution is 6.30. The molecular formula is C21H14ClN5O4. The molecule has 0 saturated heterocycles. The van der Waals surface area contributed by atoms with E-state index in [0.717, 1.165) is 16.5 Å². The number of fused-ring (bicyclic) bond motifs is 2. The summed E-state index contributed by atoms with van der Waals surface area (Å²) in [6, 6.07) is 11.0. The van der Waals surface area contributed by atoms with Crippen molar-refractivity contribution in [2.24, 2.45) is 0 Å². The highest BCUT2D eigenvalue weighted by atomic mass is 35.5. The highest BCUT2D eigenvalue weighted by Gasteiger charge is 2.18. The lowest BCUT2D eigenvalue weighted by Crippen LogP contribution is -2.21. The lowest BCUT2D eigenvalue weighted by molar-refractivity contribution is -0.115. The van der Waals surface area contributed by atoms with E-state index < -0.39 is 11.5 Å². The number of carbonyl (C=O) groups is 1. The summed E-state index contributed by atoms with van der Waals surface area (Å²) in [5.41, 5.74) is 3.12. The van der Waals surface area contributed by atoms with Crippen molar-refractivity contribution in [2.45, 2.75) is 13.3 Å². The minimum atomic E-state index is -0.586. The summed E-state index contributed by atoms with van der Waals surface area (Å²) in [4.78, 5) is 24.9. The summed E-state index contributed by atoms with van der Waals surface area (Å²) in [7, 11) is 0. The predicted molar refractivity (Wildman–Crippen MR) is 114 cm³/mol. The first-order chi connectivity index (χ1) is 15.0. The molecule has 10 heteroatoms. The van der Waals surface area contributed by atoms with E-state index in [1.165, 1.54) is 0 Å². The lowest BCUT2D eigenvalue weighted by Gasteiger charge is -2.08. The maximum absolute atomic E-state index is 12.5. The Bertz CT molecular complexity index is 1490. The Morgan fingerprint density at radius 3 is 2.71 bits per heavy atom. The standard InChI is InChI=1S/C21H14ClN5O4/c1-10-13-6-15-16(11-2-4-12(22)5-3-11)9-30-17(15)8-18(13)31-20(29)14(10)7-19(28)23-21-24-26-27-25-21/h2-6,8-9H,7H2,1H3,(H2,23,24,25,26,27,28). The average molecular weight is 436 g/mol. The van der Waals surface area contributed by atoms with E-state index in [4.69, 9.17) is 20.4 Å². The summed E-state index contributed by atoms with van der Waals surface area (Å²) < 4.78 is 11.2. The van der Waals surface area contributed by atoms with Gasteiger partial charge in [-0.15, -0.1) is 5.10 Å². The second-order valence-corrected chi connectivity index (χ2v) is 7.39. The third kappa shape index (κ3) is 3.44. The number of aryl methyl sites for hydroxylation is 1. The van der Waals surface area contributed by atoms with Crippen molar-refractivity contribution in [3.05, 3.63) is 69.2 Å². The van der Waals surface area contributed by atoms with E-state index >= 15 is 0 Å². The van der Waals surface area contributed by atoms with Crippen LogP contribution in [0.5, 0.6) is 0 Å². The van der Waals surface area contributed by atoms with E-state index in [9.17, 15) is 9.59 Å². The van der Waals surface area contributed by atoms with Gasteiger partial charge in [-0.1, -0.05) is 28.8 Å². The zero-order valence-corrected chi connectivity index (χ0v) is 16.9. The first kappa shape index (κ1) is 19.0. The topological polar surface area (TPSA) is 127 Å². The molecule has 0 saturated carbocycles. The van der Waals surface area contributed by atoms with Crippen molar-refractivity contribution < 1.29 is 13.6 Å². The molecule has 1 amide bonds. The van der Waals surface area contributed by atoms with E-state index in [1.54, 1.807) is 19.3 Å². The summed E-state index contributed by atoms with van der Waals surface area (Å²) in [5, 5.41) is 17.6. The van der Waals surface area contributed by atoms with Crippen LogP contribution >= 0.6 is 11.6 Å². The molecule has 0 bridgehead atoms. The molecule has 5 aromatic rings. The maximum atomic E-state index is 12.5. The molecule has 0 aliphatic carbocycles. The van der Waals surface area contributed by atoms with Gasteiger partial charge >= 0.3 is 5.63 Å². The number of nitrogens with zero attached hydrogens (tertiary/aromatic N) is 3. The Morgan fingerprint density at radius 1 is 1.16 bits per heavy atom. The van der Waals surface area contributed by atoms with Crippen LogP contribution in [0, 0.1) is 6.92 Å². The molecule has 9 nitrogen and oxygen atoms in total. The second kappa shape index (κ2) is 7.37. The molecule has 0 radical (unpaired) electrons. The summed E-state index contributed by atoms with van der Waals surface area (Å²) in [5.74, 6) is -0.428. The number of amides is 1. The molecule has 0 aliphatic rings. The number of rotatable bonds is 4. The Balaban J connectivity index is 1.59. The van der Waals surface area contributed by atoms with Crippen LogP contribution in [-0.4, -0.2) is 26.5 Å². The first-order valence-corrected chi connectivity index (χ1v) is 9.64. The fourth-order valence-corrected chi connectivity index (χ4v) is 3.64. The van der Waals surface area contributed by atoms with Crippen LogP contribution in [0.3, 0.4) is 0 Å². The Hall–Kier alpha value is -3.98. The van der Waals surface area contributed by atoms with Crippen molar-refractivity contribution in [1.82, 2.24) is 20.6 Å². The van der Waals surface area contributed by atoms with E-state index in [-0.39, 0.29) is 17.9 Å². The van der Waals surface area contributed by atoms with Gasteiger partial charge < -0.3 is 8.83 Å². The zero-order chi connectivity index (χ0) is 21.5. The Morgan fingerprint density at radius 2 is 1.97 bits per heavy atom. The number of halogens is 1. The number of benzene rings is 2. The van der Waals surface area contributed by atoms with Gasteiger partial charge in [0.2, 0.25) is 5.91 Å². The van der Waals surface area contributed by atoms with Gasteiger partial charge in [0.05, 0.1) is 18.2 Å². The molecule has 0 aliphatic heterocycles. The minimum Gasteiger partial charge on any atom is -0.464 e. The van der Waals surface area contributed by atoms with Crippen molar-refractivity contribution in [2.75, 3.05) is 5.32 Å². The van der Waals surface area contributed by atoms with Gasteiger partial charge in [0.15, 0.2) is 0 Å². The van der Waals surface area contributed by atoms with Crippen LogP contribution in [0.25, 0.3) is 33.1 Å². The number of anilines is 1. The van der Waals surface area contributed by atoms with Crippen LogP contribution in [0.1, 0.15) is 11.1 Å². The van der Waals surface area contributed by atoms with Gasteiger partial charge in [0.1, 0.15) is 11.2 Å². The Kier molecular flexibility index (Phi) is 4.52. The van der Waals surface area contributed by atoms with Crippen LogP contribution in [0.4, 0.5) is 5.95 Å². The molecule has 0 unspecified atom stereocenters. The number of aromatic nitrogens is 4. The molecule has 3 aromatic heterocycles. The normalized spacial score (nSPS) is 11.3. The van der Waals surface area contributed by atoms with Crippen molar-refractivity contribution in [3.63, 3.8) is 0 Å². The summed E-state index contributed by atoms with van der Waals surface area (Å²) >= 11 is 6.00.